The first-order valence-corrected chi connectivity index (χ1v) is 8.87. The molecular weight excluding hydrogens is 382 g/mol. The van der Waals surface area contributed by atoms with E-state index in [1.807, 2.05) is 6.07 Å². The SMILES string of the molecule is COc1cc(N2CC(C(=O)Nc3cccc(C#N)c3)CC2=O)c(OC)cc1Cl. The van der Waals surface area contributed by atoms with Gasteiger partial charge in [-0.05, 0) is 18.2 Å². The Hall–Kier alpha value is -3.24. The molecule has 0 aliphatic carbocycles. The Bertz CT molecular complexity index is 970. The molecule has 1 aliphatic rings. The second-order valence-electron chi connectivity index (χ2n) is 6.25. The molecule has 0 bridgehead atoms. The van der Waals surface area contributed by atoms with Gasteiger partial charge >= 0.3 is 0 Å². The zero-order valence-corrected chi connectivity index (χ0v) is 16.1. The molecule has 1 saturated heterocycles. The molecule has 1 unspecified atom stereocenters. The Morgan fingerprint density at radius 1 is 1.25 bits per heavy atom. The van der Waals surface area contributed by atoms with Crippen molar-refractivity contribution in [2.75, 3.05) is 31.0 Å². The highest BCUT2D eigenvalue weighted by molar-refractivity contribution is 6.32. The van der Waals surface area contributed by atoms with Gasteiger partial charge in [-0.1, -0.05) is 17.7 Å². The fourth-order valence-electron chi connectivity index (χ4n) is 3.08. The van der Waals surface area contributed by atoms with Gasteiger partial charge in [-0.15, -0.1) is 0 Å². The highest BCUT2D eigenvalue weighted by Crippen LogP contribution is 2.40. The van der Waals surface area contributed by atoms with Crippen molar-refractivity contribution in [2.45, 2.75) is 6.42 Å². The number of amides is 2. The van der Waals surface area contributed by atoms with Crippen molar-refractivity contribution in [1.29, 1.82) is 5.26 Å². The lowest BCUT2D eigenvalue weighted by Gasteiger charge is -2.21. The van der Waals surface area contributed by atoms with Gasteiger partial charge in [-0.3, -0.25) is 9.59 Å². The molecule has 1 fully saturated rings. The van der Waals surface area contributed by atoms with E-state index in [0.717, 1.165) is 0 Å². The summed E-state index contributed by atoms with van der Waals surface area (Å²) in [6, 6.07) is 11.8. The molecule has 1 atom stereocenters. The van der Waals surface area contributed by atoms with Crippen molar-refractivity contribution >= 4 is 34.8 Å². The quantitative estimate of drug-likeness (QED) is 0.833. The fourth-order valence-corrected chi connectivity index (χ4v) is 3.31. The molecular formula is C20H18ClN3O4. The van der Waals surface area contributed by atoms with Crippen LogP contribution in [0.25, 0.3) is 0 Å². The number of hydrogen-bond acceptors (Lipinski definition) is 5. The number of carbonyl (C=O) groups excluding carboxylic acids is 2. The highest BCUT2D eigenvalue weighted by Gasteiger charge is 2.36. The van der Waals surface area contributed by atoms with Crippen LogP contribution in [0.2, 0.25) is 5.02 Å². The Balaban J connectivity index is 1.80. The normalized spacial score (nSPS) is 15.9. The molecule has 8 heteroatoms. The van der Waals surface area contributed by atoms with Crippen molar-refractivity contribution in [1.82, 2.24) is 0 Å². The van der Waals surface area contributed by atoms with Crippen LogP contribution in [0.4, 0.5) is 11.4 Å². The average molecular weight is 400 g/mol. The maximum absolute atomic E-state index is 12.6. The Labute approximate surface area is 167 Å². The molecule has 2 aromatic carbocycles. The second kappa shape index (κ2) is 8.19. The minimum atomic E-state index is -0.537. The molecule has 2 amide bonds. The average Bonchev–Trinajstić information content (AvgIpc) is 3.09. The van der Waals surface area contributed by atoms with E-state index in [2.05, 4.69) is 5.32 Å². The van der Waals surface area contributed by atoms with Crippen LogP contribution in [0, 0.1) is 17.2 Å². The fraction of sp³-hybridized carbons (Fsp3) is 0.250. The van der Waals surface area contributed by atoms with Gasteiger partial charge in [0, 0.05) is 30.8 Å². The van der Waals surface area contributed by atoms with Crippen LogP contribution in [0.1, 0.15) is 12.0 Å². The van der Waals surface area contributed by atoms with Crippen molar-refractivity contribution in [3.8, 4) is 17.6 Å². The number of anilines is 2. The smallest absolute Gasteiger partial charge is 0.229 e. The van der Waals surface area contributed by atoms with Crippen molar-refractivity contribution in [2.24, 2.45) is 5.92 Å². The van der Waals surface area contributed by atoms with E-state index in [-0.39, 0.29) is 24.8 Å². The molecule has 0 radical (unpaired) electrons. The number of ether oxygens (including phenoxy) is 2. The number of rotatable bonds is 5. The Kier molecular flexibility index (Phi) is 5.71. The third-order valence-electron chi connectivity index (χ3n) is 4.50. The second-order valence-corrected chi connectivity index (χ2v) is 6.65. The molecule has 1 N–H and O–H groups in total. The molecule has 2 aromatic rings. The van der Waals surface area contributed by atoms with Crippen LogP contribution < -0.4 is 19.7 Å². The molecule has 7 nitrogen and oxygen atoms in total. The number of nitriles is 1. The summed E-state index contributed by atoms with van der Waals surface area (Å²) in [6.45, 7) is 0.198. The van der Waals surface area contributed by atoms with Gasteiger partial charge in [0.25, 0.3) is 0 Å². The first-order chi connectivity index (χ1) is 13.5. The minimum Gasteiger partial charge on any atom is -0.495 e. The molecule has 28 heavy (non-hydrogen) atoms. The van der Waals surface area contributed by atoms with E-state index in [9.17, 15) is 9.59 Å². The van der Waals surface area contributed by atoms with Gasteiger partial charge in [0.15, 0.2) is 0 Å². The van der Waals surface area contributed by atoms with Gasteiger partial charge in [0.1, 0.15) is 11.5 Å². The molecule has 1 heterocycles. The lowest BCUT2D eigenvalue weighted by Crippen LogP contribution is -2.28. The van der Waals surface area contributed by atoms with E-state index in [0.29, 0.717) is 33.5 Å². The summed E-state index contributed by atoms with van der Waals surface area (Å²) in [5, 5.41) is 12.1. The summed E-state index contributed by atoms with van der Waals surface area (Å²) < 4.78 is 10.6. The molecule has 0 aromatic heterocycles. The van der Waals surface area contributed by atoms with Crippen LogP contribution in [0.5, 0.6) is 11.5 Å². The molecule has 144 valence electrons. The third kappa shape index (κ3) is 3.87. The number of methoxy groups -OCH3 is 2. The highest BCUT2D eigenvalue weighted by atomic mass is 35.5. The number of hydrogen-bond donors (Lipinski definition) is 1. The Morgan fingerprint density at radius 2 is 2.00 bits per heavy atom. The number of halogens is 1. The van der Waals surface area contributed by atoms with Crippen molar-refractivity contribution in [3.05, 3.63) is 47.0 Å². The van der Waals surface area contributed by atoms with E-state index < -0.39 is 5.92 Å². The lowest BCUT2D eigenvalue weighted by molar-refractivity contribution is -0.122. The maximum atomic E-state index is 12.6. The van der Waals surface area contributed by atoms with E-state index in [1.54, 1.807) is 36.4 Å². The van der Waals surface area contributed by atoms with E-state index in [1.165, 1.54) is 19.1 Å². The minimum absolute atomic E-state index is 0.0673. The monoisotopic (exact) mass is 399 g/mol. The van der Waals surface area contributed by atoms with Gasteiger partial charge in [0.2, 0.25) is 11.8 Å². The number of nitrogens with zero attached hydrogens (tertiary/aromatic N) is 2. The summed E-state index contributed by atoms with van der Waals surface area (Å²) in [7, 11) is 2.96. The van der Waals surface area contributed by atoms with Crippen LogP contribution in [0.3, 0.4) is 0 Å². The molecule has 3 rings (SSSR count). The predicted octanol–water partition coefficient (Wildman–Crippen LogP) is 3.22. The predicted molar refractivity (Wildman–Crippen MR) is 105 cm³/mol. The van der Waals surface area contributed by atoms with Crippen LogP contribution in [0.15, 0.2) is 36.4 Å². The van der Waals surface area contributed by atoms with Crippen LogP contribution in [-0.4, -0.2) is 32.6 Å². The topological polar surface area (TPSA) is 91.7 Å². The Morgan fingerprint density at radius 3 is 2.68 bits per heavy atom. The zero-order chi connectivity index (χ0) is 20.3. The van der Waals surface area contributed by atoms with Gasteiger partial charge < -0.3 is 19.7 Å². The zero-order valence-electron chi connectivity index (χ0n) is 15.4. The third-order valence-corrected chi connectivity index (χ3v) is 4.79. The van der Waals surface area contributed by atoms with E-state index in [4.69, 9.17) is 26.3 Å². The van der Waals surface area contributed by atoms with Gasteiger partial charge in [0.05, 0.1) is 42.5 Å². The largest absolute Gasteiger partial charge is 0.495 e. The molecule has 0 spiro atoms. The van der Waals surface area contributed by atoms with Crippen LogP contribution in [-0.2, 0) is 9.59 Å². The van der Waals surface area contributed by atoms with Crippen LogP contribution >= 0.6 is 11.6 Å². The summed E-state index contributed by atoms with van der Waals surface area (Å²) in [4.78, 5) is 26.7. The van der Waals surface area contributed by atoms with Gasteiger partial charge in [-0.2, -0.15) is 5.26 Å². The summed E-state index contributed by atoms with van der Waals surface area (Å²) in [5.41, 5.74) is 1.45. The lowest BCUT2D eigenvalue weighted by atomic mass is 10.1. The maximum Gasteiger partial charge on any atom is 0.229 e. The molecule has 0 saturated carbocycles. The summed E-state index contributed by atoms with van der Waals surface area (Å²) in [5.74, 6) is -0.197. The van der Waals surface area contributed by atoms with Gasteiger partial charge in [-0.25, -0.2) is 0 Å². The number of benzene rings is 2. The number of carbonyl (C=O) groups is 2. The summed E-state index contributed by atoms with van der Waals surface area (Å²) in [6.07, 6.45) is 0.0673. The van der Waals surface area contributed by atoms with Crippen molar-refractivity contribution in [3.63, 3.8) is 0 Å². The first kappa shape index (κ1) is 19.5. The van der Waals surface area contributed by atoms with Crippen molar-refractivity contribution < 1.29 is 19.1 Å². The number of nitrogens with one attached hydrogen (secondary N) is 1. The summed E-state index contributed by atoms with van der Waals surface area (Å²) >= 11 is 6.12. The first-order valence-electron chi connectivity index (χ1n) is 8.49. The standard InChI is InChI=1S/C20H18ClN3O4/c1-27-17-9-16(18(28-2)8-15(17)21)24-11-13(7-19(24)25)20(26)23-14-5-3-4-12(6-14)10-22/h3-6,8-9,13H,7,11H2,1-2H3,(H,23,26). The molecule has 1 aliphatic heterocycles. The van der Waals surface area contributed by atoms with E-state index >= 15 is 0 Å².